The van der Waals surface area contributed by atoms with E-state index in [-0.39, 0.29) is 23.7 Å². The van der Waals surface area contributed by atoms with Crippen LogP contribution in [0.25, 0.3) is 11.0 Å². The Bertz CT molecular complexity index is 980. The number of carbonyl (C=O) groups is 2. The van der Waals surface area contributed by atoms with Crippen LogP contribution in [0.1, 0.15) is 31.1 Å². The van der Waals surface area contributed by atoms with Crippen LogP contribution in [0.3, 0.4) is 0 Å². The van der Waals surface area contributed by atoms with Gasteiger partial charge in [-0.15, -0.1) is 0 Å². The van der Waals surface area contributed by atoms with Crippen LogP contribution >= 0.6 is 11.8 Å². The first-order chi connectivity index (χ1) is 13.5. The number of anilines is 1. The molecule has 1 amide bonds. The van der Waals surface area contributed by atoms with E-state index in [4.69, 9.17) is 4.74 Å². The molecule has 0 saturated carbocycles. The summed E-state index contributed by atoms with van der Waals surface area (Å²) in [5.41, 5.74) is 3.08. The number of hydrogen-bond acceptors (Lipinski definition) is 5. The van der Waals surface area contributed by atoms with Crippen molar-refractivity contribution in [3.8, 4) is 0 Å². The number of esters is 1. The van der Waals surface area contributed by atoms with Crippen LogP contribution in [0.15, 0.2) is 53.7 Å². The highest BCUT2D eigenvalue weighted by molar-refractivity contribution is 7.99. The quantitative estimate of drug-likeness (QED) is 0.474. The van der Waals surface area contributed by atoms with Gasteiger partial charge in [-0.3, -0.25) is 4.79 Å². The summed E-state index contributed by atoms with van der Waals surface area (Å²) in [6, 6.07) is 14.6. The summed E-state index contributed by atoms with van der Waals surface area (Å²) in [6.07, 6.45) is -0.170. The molecule has 6 nitrogen and oxygen atoms in total. The number of ether oxygens (including phenoxy) is 1. The van der Waals surface area contributed by atoms with Crippen molar-refractivity contribution in [1.29, 1.82) is 0 Å². The first kappa shape index (κ1) is 19.9. The number of carbonyl (C=O) groups excluding carboxylic acids is 2. The van der Waals surface area contributed by atoms with E-state index in [1.165, 1.54) is 11.8 Å². The van der Waals surface area contributed by atoms with Gasteiger partial charge >= 0.3 is 5.97 Å². The second-order valence-electron chi connectivity index (χ2n) is 6.50. The maximum absolute atomic E-state index is 12.3. The van der Waals surface area contributed by atoms with Gasteiger partial charge in [0.15, 0.2) is 5.16 Å². The number of aryl methyl sites for hydroxylation is 1. The third-order valence-corrected chi connectivity index (χ3v) is 4.99. The molecule has 0 saturated heterocycles. The lowest BCUT2D eigenvalue weighted by Gasteiger charge is -2.09. The number of benzene rings is 2. The average molecular weight is 398 g/mol. The lowest BCUT2D eigenvalue weighted by Crippen LogP contribution is -2.15. The van der Waals surface area contributed by atoms with Crippen molar-refractivity contribution in [2.24, 2.45) is 0 Å². The number of nitrogens with zero attached hydrogens (tertiary/aromatic N) is 2. The van der Waals surface area contributed by atoms with E-state index in [9.17, 15) is 9.59 Å². The number of rotatable bonds is 7. The summed E-state index contributed by atoms with van der Waals surface area (Å²) in [7, 11) is 0. The second kappa shape index (κ2) is 8.93. The number of para-hydroxylation sites is 2. The summed E-state index contributed by atoms with van der Waals surface area (Å²) in [5, 5.41) is 3.67. The fourth-order valence-corrected chi connectivity index (χ4v) is 3.65. The Morgan fingerprint density at radius 3 is 2.54 bits per heavy atom. The van der Waals surface area contributed by atoms with Gasteiger partial charge in [0.1, 0.15) is 0 Å². The minimum absolute atomic E-state index is 0.128. The molecule has 0 unspecified atom stereocenters. The maximum Gasteiger partial charge on any atom is 0.338 e. The fraction of sp³-hybridized carbons (Fsp3) is 0.286. The molecule has 1 heterocycles. The summed E-state index contributed by atoms with van der Waals surface area (Å²) in [6.45, 7) is 6.45. The van der Waals surface area contributed by atoms with Crippen molar-refractivity contribution in [2.45, 2.75) is 38.6 Å². The SMILES string of the molecule is CCn1c(SCC(=O)Nc2ccc(C(=O)OC(C)C)cc2)nc2ccccc21. The third-order valence-electron chi connectivity index (χ3n) is 4.02. The molecule has 2 aromatic carbocycles. The molecule has 0 radical (unpaired) electrons. The molecule has 0 spiro atoms. The molecule has 0 aliphatic heterocycles. The van der Waals surface area contributed by atoms with E-state index in [2.05, 4.69) is 21.8 Å². The molecule has 0 fully saturated rings. The van der Waals surface area contributed by atoms with Crippen molar-refractivity contribution in [3.05, 3.63) is 54.1 Å². The number of imidazole rings is 1. The standard InChI is InChI=1S/C21H23N3O3S/c1-4-24-18-8-6-5-7-17(18)23-21(24)28-13-19(25)22-16-11-9-15(10-12-16)20(26)27-14(2)3/h5-12,14H,4,13H2,1-3H3,(H,22,25). The molecule has 0 atom stereocenters. The van der Waals surface area contributed by atoms with E-state index in [0.717, 1.165) is 22.7 Å². The third kappa shape index (κ3) is 4.72. The minimum Gasteiger partial charge on any atom is -0.459 e. The monoisotopic (exact) mass is 397 g/mol. The molecule has 1 aromatic heterocycles. The van der Waals surface area contributed by atoms with Gasteiger partial charge in [-0.05, 0) is 57.2 Å². The highest BCUT2D eigenvalue weighted by Crippen LogP contribution is 2.24. The van der Waals surface area contributed by atoms with Crippen molar-refractivity contribution in [1.82, 2.24) is 9.55 Å². The number of aromatic nitrogens is 2. The van der Waals surface area contributed by atoms with Crippen LogP contribution in [0, 0.1) is 0 Å². The summed E-state index contributed by atoms with van der Waals surface area (Å²) < 4.78 is 7.25. The van der Waals surface area contributed by atoms with Gasteiger partial charge in [0.2, 0.25) is 5.91 Å². The lowest BCUT2D eigenvalue weighted by atomic mass is 10.2. The summed E-state index contributed by atoms with van der Waals surface area (Å²) >= 11 is 1.41. The second-order valence-corrected chi connectivity index (χ2v) is 7.44. The molecule has 146 valence electrons. The van der Waals surface area contributed by atoms with Crippen LogP contribution in [-0.4, -0.2) is 33.3 Å². The van der Waals surface area contributed by atoms with Crippen molar-refractivity contribution in [2.75, 3.05) is 11.1 Å². The lowest BCUT2D eigenvalue weighted by molar-refractivity contribution is -0.113. The van der Waals surface area contributed by atoms with E-state index >= 15 is 0 Å². The molecule has 0 bridgehead atoms. The van der Waals surface area contributed by atoms with E-state index < -0.39 is 0 Å². The minimum atomic E-state index is -0.373. The summed E-state index contributed by atoms with van der Waals surface area (Å²) in [4.78, 5) is 28.8. The average Bonchev–Trinajstić information content (AvgIpc) is 3.04. The Balaban J connectivity index is 1.60. The normalized spacial score (nSPS) is 11.0. The molecule has 28 heavy (non-hydrogen) atoms. The number of nitrogens with one attached hydrogen (secondary N) is 1. The highest BCUT2D eigenvalue weighted by atomic mass is 32.2. The van der Waals surface area contributed by atoms with Crippen LogP contribution in [-0.2, 0) is 16.1 Å². The van der Waals surface area contributed by atoms with E-state index in [0.29, 0.717) is 11.3 Å². The Hall–Kier alpha value is -2.80. The zero-order chi connectivity index (χ0) is 20.1. The van der Waals surface area contributed by atoms with Crippen LogP contribution in [0.4, 0.5) is 5.69 Å². The maximum atomic E-state index is 12.3. The Labute approximate surface area is 168 Å². The van der Waals surface area contributed by atoms with Gasteiger partial charge < -0.3 is 14.6 Å². The van der Waals surface area contributed by atoms with Crippen LogP contribution in [0.5, 0.6) is 0 Å². The largest absolute Gasteiger partial charge is 0.459 e. The smallest absolute Gasteiger partial charge is 0.338 e. The highest BCUT2D eigenvalue weighted by Gasteiger charge is 2.13. The summed E-state index contributed by atoms with van der Waals surface area (Å²) in [5.74, 6) is -0.250. The number of fused-ring (bicyclic) bond motifs is 1. The zero-order valence-electron chi connectivity index (χ0n) is 16.1. The van der Waals surface area contributed by atoms with E-state index in [1.54, 1.807) is 38.1 Å². The molecular weight excluding hydrogens is 374 g/mol. The predicted octanol–water partition coefficient (Wildman–Crippen LogP) is 4.35. The number of thioether (sulfide) groups is 1. The Morgan fingerprint density at radius 2 is 1.86 bits per heavy atom. The van der Waals surface area contributed by atoms with Gasteiger partial charge in [-0.25, -0.2) is 9.78 Å². The number of hydrogen-bond donors (Lipinski definition) is 1. The number of amides is 1. The van der Waals surface area contributed by atoms with Crippen molar-refractivity contribution in [3.63, 3.8) is 0 Å². The van der Waals surface area contributed by atoms with Gasteiger partial charge in [0.25, 0.3) is 0 Å². The van der Waals surface area contributed by atoms with Gasteiger partial charge in [-0.2, -0.15) is 0 Å². The van der Waals surface area contributed by atoms with Crippen LogP contribution < -0.4 is 5.32 Å². The molecule has 3 rings (SSSR count). The predicted molar refractivity (Wildman–Crippen MR) is 112 cm³/mol. The van der Waals surface area contributed by atoms with Crippen molar-refractivity contribution >= 4 is 40.4 Å². The Morgan fingerprint density at radius 1 is 1.14 bits per heavy atom. The van der Waals surface area contributed by atoms with E-state index in [1.807, 2.05) is 24.3 Å². The molecular formula is C21H23N3O3S. The van der Waals surface area contributed by atoms with Crippen molar-refractivity contribution < 1.29 is 14.3 Å². The van der Waals surface area contributed by atoms with Gasteiger partial charge in [0.05, 0.1) is 28.5 Å². The molecule has 0 aliphatic rings. The van der Waals surface area contributed by atoms with Gasteiger partial charge in [0, 0.05) is 12.2 Å². The molecule has 0 aliphatic carbocycles. The molecule has 3 aromatic rings. The first-order valence-corrected chi connectivity index (χ1v) is 10.2. The molecule has 1 N–H and O–H groups in total. The van der Waals surface area contributed by atoms with Gasteiger partial charge in [-0.1, -0.05) is 23.9 Å². The first-order valence-electron chi connectivity index (χ1n) is 9.17. The topological polar surface area (TPSA) is 73.2 Å². The zero-order valence-corrected chi connectivity index (χ0v) is 17.0. The van der Waals surface area contributed by atoms with Crippen LogP contribution in [0.2, 0.25) is 0 Å². The molecule has 7 heteroatoms. The fourth-order valence-electron chi connectivity index (χ4n) is 2.77. The Kier molecular flexibility index (Phi) is 6.36.